The lowest BCUT2D eigenvalue weighted by molar-refractivity contribution is -0.140. The van der Waals surface area contributed by atoms with Crippen LogP contribution in [0.4, 0.5) is 0 Å². The van der Waals surface area contributed by atoms with Crippen LogP contribution in [0.5, 0.6) is 0 Å². The van der Waals surface area contributed by atoms with Crippen LogP contribution in [-0.2, 0) is 4.79 Å². The molecule has 1 atom stereocenters. The van der Waals surface area contributed by atoms with Gasteiger partial charge in [0.1, 0.15) is 11.7 Å². The maximum Gasteiger partial charge on any atom is 0.314 e. The lowest BCUT2D eigenvalue weighted by Gasteiger charge is -2.15. The largest absolute Gasteiger partial charge is 0.481 e. The number of aliphatic carboxylic acids is 1. The van der Waals surface area contributed by atoms with Crippen LogP contribution in [0.2, 0.25) is 0 Å². The van der Waals surface area contributed by atoms with Crippen molar-refractivity contribution in [3.8, 4) is 11.3 Å². The lowest BCUT2D eigenvalue weighted by atomic mass is 9.95. The van der Waals surface area contributed by atoms with Gasteiger partial charge in [0.15, 0.2) is 0 Å². The van der Waals surface area contributed by atoms with E-state index in [0.717, 1.165) is 5.56 Å². The zero-order chi connectivity index (χ0) is 13.8. The maximum atomic E-state index is 11.3. The molecule has 2 heterocycles. The first-order chi connectivity index (χ1) is 9.09. The summed E-state index contributed by atoms with van der Waals surface area (Å²) in [5.74, 6) is -1.31. The first-order valence-corrected chi connectivity index (χ1v) is 6.05. The fourth-order valence-electron chi connectivity index (χ4n) is 1.90. The van der Waals surface area contributed by atoms with E-state index in [-0.39, 0.29) is 5.92 Å². The molecular weight excluding hydrogens is 242 g/mol. The van der Waals surface area contributed by atoms with E-state index in [9.17, 15) is 9.90 Å². The van der Waals surface area contributed by atoms with Crippen LogP contribution < -0.4 is 0 Å². The summed E-state index contributed by atoms with van der Waals surface area (Å²) in [6.45, 7) is 3.70. The average molecular weight is 257 g/mol. The van der Waals surface area contributed by atoms with Crippen LogP contribution in [0.3, 0.4) is 0 Å². The molecule has 1 unspecified atom stereocenters. The van der Waals surface area contributed by atoms with Crippen molar-refractivity contribution in [1.29, 1.82) is 0 Å². The Morgan fingerprint density at radius 2 is 1.84 bits per heavy atom. The topological polar surface area (TPSA) is 76.0 Å². The highest BCUT2D eigenvalue weighted by Gasteiger charge is 2.26. The molecule has 1 N–H and O–H groups in total. The molecule has 0 aliphatic heterocycles. The van der Waals surface area contributed by atoms with Crippen molar-refractivity contribution in [2.45, 2.75) is 19.8 Å². The van der Waals surface area contributed by atoms with Crippen molar-refractivity contribution in [1.82, 2.24) is 15.0 Å². The Hall–Kier alpha value is -2.30. The van der Waals surface area contributed by atoms with Gasteiger partial charge in [0.25, 0.3) is 0 Å². The summed E-state index contributed by atoms with van der Waals surface area (Å²) in [4.78, 5) is 23.7. The maximum absolute atomic E-state index is 11.3. The lowest BCUT2D eigenvalue weighted by Crippen LogP contribution is -2.20. The minimum atomic E-state index is -0.901. The van der Waals surface area contributed by atoms with Gasteiger partial charge in [-0.05, 0) is 24.1 Å². The number of aromatic nitrogens is 3. The van der Waals surface area contributed by atoms with E-state index < -0.39 is 11.9 Å². The Labute approximate surface area is 111 Å². The molecule has 0 radical (unpaired) electrons. The van der Waals surface area contributed by atoms with Crippen molar-refractivity contribution in [2.75, 3.05) is 0 Å². The summed E-state index contributed by atoms with van der Waals surface area (Å²) in [6.07, 6.45) is 4.94. The van der Waals surface area contributed by atoms with Crippen molar-refractivity contribution >= 4 is 5.97 Å². The summed E-state index contributed by atoms with van der Waals surface area (Å²) in [7, 11) is 0. The molecule has 0 spiro atoms. The Bertz CT molecular complexity index is 570. The number of nitrogens with zero attached hydrogens (tertiary/aromatic N) is 3. The molecular formula is C14H15N3O2. The SMILES string of the molecule is CC(C)C(C(=O)O)c1nccc(-c2ccncc2)n1. The predicted octanol–water partition coefficient (Wildman–Crippen LogP) is 2.36. The number of pyridine rings is 1. The number of hydrogen-bond acceptors (Lipinski definition) is 4. The van der Waals surface area contributed by atoms with Gasteiger partial charge in [-0.25, -0.2) is 9.97 Å². The number of carboxylic acids is 1. The number of hydrogen-bond donors (Lipinski definition) is 1. The molecule has 0 bridgehead atoms. The standard InChI is InChI=1S/C14H15N3O2/c1-9(2)12(14(18)19)13-16-8-5-11(17-13)10-3-6-15-7-4-10/h3-9,12H,1-2H3,(H,18,19). The molecule has 0 aliphatic carbocycles. The van der Waals surface area contributed by atoms with Crippen LogP contribution in [0.15, 0.2) is 36.8 Å². The second-order valence-corrected chi connectivity index (χ2v) is 4.60. The summed E-state index contributed by atoms with van der Waals surface area (Å²) < 4.78 is 0. The third-order valence-corrected chi connectivity index (χ3v) is 2.86. The fraction of sp³-hybridized carbons (Fsp3) is 0.286. The normalized spacial score (nSPS) is 12.4. The molecule has 0 saturated carbocycles. The van der Waals surface area contributed by atoms with Crippen LogP contribution in [0.1, 0.15) is 25.6 Å². The van der Waals surface area contributed by atoms with Crippen molar-refractivity contribution in [3.05, 3.63) is 42.6 Å². The van der Waals surface area contributed by atoms with E-state index in [1.807, 2.05) is 26.0 Å². The minimum absolute atomic E-state index is 0.0646. The summed E-state index contributed by atoms with van der Waals surface area (Å²) >= 11 is 0. The van der Waals surface area contributed by atoms with Crippen molar-refractivity contribution in [3.63, 3.8) is 0 Å². The van der Waals surface area contributed by atoms with Crippen LogP contribution in [0, 0.1) is 5.92 Å². The predicted molar refractivity (Wildman–Crippen MR) is 70.5 cm³/mol. The Balaban J connectivity index is 2.42. The molecule has 5 heteroatoms. The quantitative estimate of drug-likeness (QED) is 0.909. The molecule has 0 amide bonds. The van der Waals surface area contributed by atoms with E-state index in [0.29, 0.717) is 11.5 Å². The highest BCUT2D eigenvalue weighted by Crippen LogP contribution is 2.23. The van der Waals surface area contributed by atoms with Gasteiger partial charge in [-0.1, -0.05) is 13.8 Å². The van der Waals surface area contributed by atoms with Gasteiger partial charge in [-0.2, -0.15) is 0 Å². The summed E-state index contributed by atoms with van der Waals surface area (Å²) in [5, 5.41) is 9.27. The number of rotatable bonds is 4. The van der Waals surface area contributed by atoms with E-state index in [1.165, 1.54) is 0 Å². The van der Waals surface area contributed by atoms with Crippen LogP contribution in [0.25, 0.3) is 11.3 Å². The molecule has 98 valence electrons. The monoisotopic (exact) mass is 257 g/mol. The molecule has 2 rings (SSSR count). The van der Waals surface area contributed by atoms with Gasteiger partial charge < -0.3 is 5.11 Å². The third kappa shape index (κ3) is 2.93. The summed E-state index contributed by atoms with van der Waals surface area (Å²) in [6, 6.07) is 5.42. The van der Waals surface area contributed by atoms with Gasteiger partial charge in [-0.3, -0.25) is 9.78 Å². The Morgan fingerprint density at radius 1 is 1.16 bits per heavy atom. The molecule has 0 saturated heterocycles. The second-order valence-electron chi connectivity index (χ2n) is 4.60. The van der Waals surface area contributed by atoms with Gasteiger partial charge in [-0.15, -0.1) is 0 Å². The van der Waals surface area contributed by atoms with E-state index >= 15 is 0 Å². The van der Waals surface area contributed by atoms with E-state index in [1.54, 1.807) is 24.7 Å². The summed E-state index contributed by atoms with van der Waals surface area (Å²) in [5.41, 5.74) is 1.60. The van der Waals surface area contributed by atoms with Crippen LogP contribution >= 0.6 is 0 Å². The molecule has 2 aromatic rings. The van der Waals surface area contributed by atoms with Gasteiger partial charge >= 0.3 is 5.97 Å². The van der Waals surface area contributed by atoms with Gasteiger partial charge in [0.2, 0.25) is 0 Å². The van der Waals surface area contributed by atoms with Crippen LogP contribution in [-0.4, -0.2) is 26.0 Å². The molecule has 0 aromatic carbocycles. The average Bonchev–Trinajstić information content (AvgIpc) is 2.39. The molecule has 2 aromatic heterocycles. The first-order valence-electron chi connectivity index (χ1n) is 6.05. The zero-order valence-corrected chi connectivity index (χ0v) is 10.8. The Morgan fingerprint density at radius 3 is 2.42 bits per heavy atom. The van der Waals surface area contributed by atoms with Crippen molar-refractivity contribution in [2.24, 2.45) is 5.92 Å². The van der Waals surface area contributed by atoms with E-state index in [2.05, 4.69) is 15.0 Å². The van der Waals surface area contributed by atoms with Crippen molar-refractivity contribution < 1.29 is 9.90 Å². The first kappa shape index (κ1) is 13.1. The highest BCUT2D eigenvalue weighted by molar-refractivity contribution is 5.75. The minimum Gasteiger partial charge on any atom is -0.481 e. The number of carboxylic acid groups (broad SMARTS) is 1. The van der Waals surface area contributed by atoms with Gasteiger partial charge in [0.05, 0.1) is 5.69 Å². The van der Waals surface area contributed by atoms with E-state index in [4.69, 9.17) is 0 Å². The molecule has 0 fully saturated rings. The molecule has 0 aliphatic rings. The molecule has 5 nitrogen and oxygen atoms in total. The highest BCUT2D eigenvalue weighted by atomic mass is 16.4. The zero-order valence-electron chi connectivity index (χ0n) is 10.8. The second kappa shape index (κ2) is 5.56. The molecule has 19 heavy (non-hydrogen) atoms. The Kier molecular flexibility index (Phi) is 3.85. The fourth-order valence-corrected chi connectivity index (χ4v) is 1.90. The third-order valence-electron chi connectivity index (χ3n) is 2.86. The van der Waals surface area contributed by atoms with Gasteiger partial charge in [0, 0.05) is 24.2 Å². The number of carbonyl (C=O) groups is 1. The smallest absolute Gasteiger partial charge is 0.314 e.